The lowest BCUT2D eigenvalue weighted by atomic mass is 10.2. The van der Waals surface area contributed by atoms with Gasteiger partial charge in [-0.05, 0) is 37.5 Å². The fraction of sp³-hybridized carbons (Fsp3) is 0.278. The molecule has 26 heavy (non-hydrogen) atoms. The van der Waals surface area contributed by atoms with Crippen LogP contribution in [-0.2, 0) is 0 Å². The number of nitrogens with zero attached hydrogens (tertiary/aromatic N) is 4. The Morgan fingerprint density at radius 2 is 1.92 bits per heavy atom. The second kappa shape index (κ2) is 7.30. The third kappa shape index (κ3) is 3.69. The maximum Gasteiger partial charge on any atom is 0.273 e. The zero-order chi connectivity index (χ0) is 17.8. The molecule has 1 aliphatic carbocycles. The van der Waals surface area contributed by atoms with Crippen LogP contribution in [0.3, 0.4) is 0 Å². The van der Waals surface area contributed by atoms with Gasteiger partial charge in [-0.3, -0.25) is 9.78 Å². The lowest BCUT2D eigenvalue weighted by Gasteiger charge is -2.14. The molecule has 0 saturated heterocycles. The highest BCUT2D eigenvalue weighted by molar-refractivity contribution is 5.92. The number of carbonyl (C=O) groups excluding carboxylic acids is 1. The van der Waals surface area contributed by atoms with E-state index in [0.717, 1.165) is 30.5 Å². The third-order valence-corrected chi connectivity index (χ3v) is 4.40. The van der Waals surface area contributed by atoms with E-state index in [9.17, 15) is 4.79 Å². The highest BCUT2D eigenvalue weighted by atomic mass is 16.5. The molecule has 4 rings (SSSR count). The van der Waals surface area contributed by atoms with Gasteiger partial charge in [0, 0.05) is 42.3 Å². The molecule has 3 heterocycles. The van der Waals surface area contributed by atoms with Gasteiger partial charge in [-0.1, -0.05) is 5.16 Å². The largest absolute Gasteiger partial charge is 0.364 e. The Morgan fingerprint density at radius 3 is 2.73 bits per heavy atom. The van der Waals surface area contributed by atoms with Crippen molar-refractivity contribution in [2.45, 2.75) is 31.3 Å². The molecule has 1 fully saturated rings. The van der Waals surface area contributed by atoms with E-state index in [1.165, 1.54) is 6.26 Å². The highest BCUT2D eigenvalue weighted by Gasteiger charge is 2.27. The fourth-order valence-electron chi connectivity index (χ4n) is 3.13. The van der Waals surface area contributed by atoms with Gasteiger partial charge in [-0.2, -0.15) is 0 Å². The maximum atomic E-state index is 12.0. The predicted octanol–water partition coefficient (Wildman–Crippen LogP) is 2.29. The Labute approximate surface area is 150 Å². The normalized spacial score (nSPS) is 19.2. The molecular formula is C18H18N6O2. The quantitative estimate of drug-likeness (QED) is 0.727. The van der Waals surface area contributed by atoms with Gasteiger partial charge in [-0.25, -0.2) is 9.97 Å². The number of anilines is 1. The Morgan fingerprint density at radius 1 is 1.08 bits per heavy atom. The van der Waals surface area contributed by atoms with Gasteiger partial charge in [0.1, 0.15) is 6.26 Å². The third-order valence-electron chi connectivity index (χ3n) is 4.40. The first-order valence-electron chi connectivity index (χ1n) is 8.49. The minimum atomic E-state index is -0.208. The molecule has 8 nitrogen and oxygen atoms in total. The van der Waals surface area contributed by atoms with Crippen LogP contribution in [0.2, 0.25) is 0 Å². The first kappa shape index (κ1) is 16.2. The molecule has 0 unspecified atom stereocenters. The SMILES string of the molecule is O=C(N[C@H]1CC[C@H](Nc2nccc(-c3ccncc3)n2)C1)c1ccon1. The standard InChI is InChI=1S/C18H18N6O2/c25-17(16-6-10-26-24-16)21-13-1-2-14(11-13)22-18-20-9-5-15(23-18)12-3-7-19-8-4-12/h3-10,13-14H,1-2,11H2,(H,21,25)(H,20,22,23)/t13-,14-/m0/s1. The van der Waals surface area contributed by atoms with Crippen LogP contribution in [0.15, 0.2) is 53.6 Å². The van der Waals surface area contributed by atoms with E-state index in [-0.39, 0.29) is 18.0 Å². The molecule has 0 radical (unpaired) electrons. The summed E-state index contributed by atoms with van der Waals surface area (Å²) in [5.74, 6) is 0.383. The van der Waals surface area contributed by atoms with Gasteiger partial charge in [0.15, 0.2) is 5.69 Å². The van der Waals surface area contributed by atoms with Crippen molar-refractivity contribution in [2.24, 2.45) is 0 Å². The first-order chi connectivity index (χ1) is 12.8. The summed E-state index contributed by atoms with van der Waals surface area (Å²) in [5.41, 5.74) is 2.14. The topological polar surface area (TPSA) is 106 Å². The second-order valence-electron chi connectivity index (χ2n) is 6.21. The summed E-state index contributed by atoms with van der Waals surface area (Å²) in [7, 11) is 0. The van der Waals surface area contributed by atoms with Crippen LogP contribution in [0.25, 0.3) is 11.3 Å². The van der Waals surface area contributed by atoms with Crippen LogP contribution in [0.4, 0.5) is 5.95 Å². The van der Waals surface area contributed by atoms with Crippen molar-refractivity contribution < 1.29 is 9.32 Å². The number of hydrogen-bond donors (Lipinski definition) is 2. The van der Waals surface area contributed by atoms with E-state index >= 15 is 0 Å². The number of nitrogens with one attached hydrogen (secondary N) is 2. The summed E-state index contributed by atoms with van der Waals surface area (Å²) in [6, 6.07) is 7.56. The summed E-state index contributed by atoms with van der Waals surface area (Å²) in [6.45, 7) is 0. The average Bonchev–Trinajstić information content (AvgIpc) is 3.35. The average molecular weight is 350 g/mol. The number of carbonyl (C=O) groups is 1. The van der Waals surface area contributed by atoms with Crippen LogP contribution in [0.1, 0.15) is 29.8 Å². The summed E-state index contributed by atoms with van der Waals surface area (Å²) >= 11 is 0. The van der Waals surface area contributed by atoms with Gasteiger partial charge in [0.25, 0.3) is 5.91 Å². The maximum absolute atomic E-state index is 12.0. The summed E-state index contributed by atoms with van der Waals surface area (Å²) in [6.07, 6.45) is 9.25. The minimum absolute atomic E-state index is 0.0973. The van der Waals surface area contributed by atoms with Crippen LogP contribution < -0.4 is 10.6 Å². The van der Waals surface area contributed by atoms with Crippen molar-refractivity contribution in [1.29, 1.82) is 0 Å². The molecule has 8 heteroatoms. The Hall–Kier alpha value is -3.29. The van der Waals surface area contributed by atoms with Crippen LogP contribution in [0.5, 0.6) is 0 Å². The van der Waals surface area contributed by atoms with Crippen molar-refractivity contribution in [2.75, 3.05) is 5.32 Å². The lowest BCUT2D eigenvalue weighted by molar-refractivity contribution is 0.0928. The fourth-order valence-corrected chi connectivity index (χ4v) is 3.13. The molecule has 0 aliphatic heterocycles. The predicted molar refractivity (Wildman–Crippen MR) is 94.3 cm³/mol. The zero-order valence-corrected chi connectivity index (χ0v) is 14.0. The van der Waals surface area contributed by atoms with Crippen LogP contribution >= 0.6 is 0 Å². The molecule has 0 aromatic carbocycles. The number of pyridine rings is 1. The van der Waals surface area contributed by atoms with E-state index < -0.39 is 0 Å². The van der Waals surface area contributed by atoms with Crippen LogP contribution in [0, 0.1) is 0 Å². The van der Waals surface area contributed by atoms with Crippen LogP contribution in [-0.4, -0.2) is 38.1 Å². The number of hydrogen-bond acceptors (Lipinski definition) is 7. The first-order valence-corrected chi connectivity index (χ1v) is 8.49. The van der Waals surface area contributed by atoms with E-state index in [1.807, 2.05) is 18.2 Å². The van der Waals surface area contributed by atoms with Crippen molar-refractivity contribution in [1.82, 2.24) is 25.4 Å². The minimum Gasteiger partial charge on any atom is -0.364 e. The Bertz CT molecular complexity index is 868. The molecule has 1 aliphatic rings. The number of aromatic nitrogens is 4. The van der Waals surface area contributed by atoms with Crippen molar-refractivity contribution in [3.05, 3.63) is 54.8 Å². The van der Waals surface area contributed by atoms with Crippen molar-refractivity contribution in [3.8, 4) is 11.3 Å². The molecule has 132 valence electrons. The zero-order valence-electron chi connectivity index (χ0n) is 14.0. The van der Waals surface area contributed by atoms with Gasteiger partial charge < -0.3 is 15.2 Å². The summed E-state index contributed by atoms with van der Waals surface area (Å²) in [4.78, 5) is 24.9. The molecule has 2 N–H and O–H groups in total. The molecular weight excluding hydrogens is 332 g/mol. The summed E-state index contributed by atoms with van der Waals surface area (Å²) in [5, 5.41) is 10.0. The lowest BCUT2D eigenvalue weighted by Crippen LogP contribution is -2.34. The number of rotatable bonds is 5. The molecule has 3 aromatic rings. The van der Waals surface area contributed by atoms with Crippen molar-refractivity contribution >= 4 is 11.9 Å². The van der Waals surface area contributed by atoms with Gasteiger partial charge in [0.2, 0.25) is 5.95 Å². The molecule has 2 atom stereocenters. The Balaban J connectivity index is 1.36. The van der Waals surface area contributed by atoms with E-state index in [2.05, 4.69) is 30.7 Å². The van der Waals surface area contributed by atoms with Gasteiger partial charge >= 0.3 is 0 Å². The molecule has 1 amide bonds. The van der Waals surface area contributed by atoms with Gasteiger partial charge in [-0.15, -0.1) is 0 Å². The Kier molecular flexibility index (Phi) is 4.55. The monoisotopic (exact) mass is 350 g/mol. The van der Waals surface area contributed by atoms with E-state index in [0.29, 0.717) is 11.6 Å². The second-order valence-corrected chi connectivity index (χ2v) is 6.21. The van der Waals surface area contributed by atoms with E-state index in [4.69, 9.17) is 4.52 Å². The van der Waals surface area contributed by atoms with Crippen molar-refractivity contribution in [3.63, 3.8) is 0 Å². The van der Waals surface area contributed by atoms with E-state index in [1.54, 1.807) is 24.7 Å². The molecule has 3 aromatic heterocycles. The number of amides is 1. The summed E-state index contributed by atoms with van der Waals surface area (Å²) < 4.78 is 4.70. The highest BCUT2D eigenvalue weighted by Crippen LogP contribution is 2.23. The van der Waals surface area contributed by atoms with Gasteiger partial charge in [0.05, 0.1) is 5.69 Å². The molecule has 0 bridgehead atoms. The molecule has 1 saturated carbocycles. The smallest absolute Gasteiger partial charge is 0.273 e. The molecule has 0 spiro atoms.